The molecule has 3 rings (SSSR count). The number of carboxylic acid groups (broad SMARTS) is 2. The van der Waals surface area contributed by atoms with Crippen LogP contribution in [-0.2, 0) is 24.7 Å². The quantitative estimate of drug-likeness (QED) is 0.193. The van der Waals surface area contributed by atoms with Gasteiger partial charge in [-0.1, -0.05) is 54.6 Å². The maximum absolute atomic E-state index is 13.5. The van der Waals surface area contributed by atoms with Gasteiger partial charge < -0.3 is 21.4 Å². The second kappa shape index (κ2) is 11.6. The minimum Gasteiger partial charge on any atom is -0.481 e. The van der Waals surface area contributed by atoms with E-state index in [0.29, 0.717) is 21.7 Å². The van der Waals surface area contributed by atoms with E-state index in [1.54, 1.807) is 54.6 Å². The standard InChI is InChI=1S/C22H23N5O5.C2H4O2/c1-14(28)26(18(12-19(29)30)16-6-4-3-5-7-16)27-20(31)22(2,25-21(27)32)17-10-8-15(9-11-17)13-24-23;1-2(3)4/h3-11,13,18H,12,23H2,1-2H3,(H,25,32)(H,29,30);1H3,(H,3,4)/t18-,22-;/m0./s1. The first-order valence-electron chi connectivity index (χ1n) is 10.7. The van der Waals surface area contributed by atoms with Gasteiger partial charge in [-0.15, -0.1) is 0 Å². The number of amides is 4. The lowest BCUT2D eigenvalue weighted by Crippen LogP contribution is -2.52. The number of hydrazine groups is 1. The van der Waals surface area contributed by atoms with Crippen molar-refractivity contribution < 1.29 is 34.2 Å². The van der Waals surface area contributed by atoms with Crippen molar-refractivity contribution >= 4 is 36.0 Å². The Labute approximate surface area is 207 Å². The molecule has 1 aliphatic heterocycles. The second-order valence-electron chi connectivity index (χ2n) is 7.98. The van der Waals surface area contributed by atoms with Gasteiger partial charge in [0.05, 0.1) is 18.7 Å². The number of carbonyl (C=O) groups is 5. The minimum absolute atomic E-state index is 0.477. The van der Waals surface area contributed by atoms with E-state index in [9.17, 15) is 24.3 Å². The Morgan fingerprint density at radius 1 is 1.08 bits per heavy atom. The Morgan fingerprint density at radius 3 is 2.11 bits per heavy atom. The van der Waals surface area contributed by atoms with E-state index >= 15 is 0 Å². The minimum atomic E-state index is -1.46. The van der Waals surface area contributed by atoms with Crippen molar-refractivity contribution in [2.75, 3.05) is 0 Å². The molecular formula is C24H27N5O7. The van der Waals surface area contributed by atoms with Crippen LogP contribution in [0, 0.1) is 0 Å². The number of imide groups is 1. The molecule has 12 heteroatoms. The molecule has 0 saturated carbocycles. The Bertz CT molecular complexity index is 1160. The van der Waals surface area contributed by atoms with Crippen LogP contribution in [-0.4, -0.2) is 56.2 Å². The molecule has 36 heavy (non-hydrogen) atoms. The number of rotatable bonds is 7. The highest BCUT2D eigenvalue weighted by atomic mass is 16.4. The van der Waals surface area contributed by atoms with E-state index in [2.05, 4.69) is 10.4 Å². The van der Waals surface area contributed by atoms with Crippen LogP contribution < -0.4 is 11.2 Å². The summed E-state index contributed by atoms with van der Waals surface area (Å²) in [6.45, 7) is 3.78. The first-order valence-corrected chi connectivity index (χ1v) is 10.7. The molecule has 2 atom stereocenters. The fourth-order valence-corrected chi connectivity index (χ4v) is 3.69. The van der Waals surface area contributed by atoms with E-state index in [4.69, 9.17) is 15.7 Å². The number of carbonyl (C=O) groups excluding carboxylic acids is 3. The normalized spacial score (nSPS) is 17.7. The molecule has 5 N–H and O–H groups in total. The van der Waals surface area contributed by atoms with Crippen LogP contribution in [0.2, 0.25) is 0 Å². The Balaban J connectivity index is 0.00000106. The summed E-state index contributed by atoms with van der Waals surface area (Å²) in [5, 5.41) is 24.5. The third-order valence-electron chi connectivity index (χ3n) is 5.27. The van der Waals surface area contributed by atoms with Gasteiger partial charge in [0.15, 0.2) is 0 Å². The van der Waals surface area contributed by atoms with Gasteiger partial charge in [0, 0.05) is 13.8 Å². The van der Waals surface area contributed by atoms with Crippen molar-refractivity contribution in [3.05, 3.63) is 71.3 Å². The Hall–Kier alpha value is -4.74. The molecule has 2 aromatic carbocycles. The summed E-state index contributed by atoms with van der Waals surface area (Å²) < 4.78 is 0. The molecule has 1 saturated heterocycles. The Kier molecular flexibility index (Phi) is 8.86. The number of hydrogen-bond acceptors (Lipinski definition) is 7. The summed E-state index contributed by atoms with van der Waals surface area (Å²) in [5.74, 6) is 1.78. The van der Waals surface area contributed by atoms with Crippen molar-refractivity contribution in [3.63, 3.8) is 0 Å². The van der Waals surface area contributed by atoms with Crippen molar-refractivity contribution in [2.45, 2.75) is 38.8 Å². The average Bonchev–Trinajstić information content (AvgIpc) is 3.03. The topological polar surface area (TPSA) is 183 Å². The molecule has 190 valence electrons. The molecule has 0 bridgehead atoms. The molecule has 4 amide bonds. The predicted molar refractivity (Wildman–Crippen MR) is 128 cm³/mol. The third-order valence-corrected chi connectivity index (χ3v) is 5.27. The number of benzene rings is 2. The van der Waals surface area contributed by atoms with Gasteiger partial charge in [-0.25, -0.2) is 9.80 Å². The summed E-state index contributed by atoms with van der Waals surface area (Å²) in [5.41, 5.74) is 0.188. The van der Waals surface area contributed by atoms with E-state index in [1.165, 1.54) is 20.1 Å². The van der Waals surface area contributed by atoms with Crippen LogP contribution in [0.1, 0.15) is 49.9 Å². The van der Waals surface area contributed by atoms with Gasteiger partial charge in [0.25, 0.3) is 11.9 Å². The highest BCUT2D eigenvalue weighted by Crippen LogP contribution is 2.34. The molecule has 1 aliphatic rings. The summed E-state index contributed by atoms with van der Waals surface area (Å²) in [4.78, 5) is 59.6. The summed E-state index contributed by atoms with van der Waals surface area (Å²) >= 11 is 0. The zero-order valence-electron chi connectivity index (χ0n) is 19.9. The van der Waals surface area contributed by atoms with Crippen molar-refractivity contribution in [2.24, 2.45) is 10.9 Å². The van der Waals surface area contributed by atoms with Crippen LogP contribution in [0.5, 0.6) is 0 Å². The van der Waals surface area contributed by atoms with Crippen LogP contribution in [0.15, 0.2) is 59.7 Å². The molecule has 0 radical (unpaired) electrons. The first-order chi connectivity index (χ1) is 16.9. The lowest BCUT2D eigenvalue weighted by molar-refractivity contribution is -0.162. The number of aliphatic carboxylic acids is 2. The molecule has 0 aromatic heterocycles. The lowest BCUT2D eigenvalue weighted by Gasteiger charge is -2.35. The van der Waals surface area contributed by atoms with Gasteiger partial charge in [0.2, 0.25) is 5.91 Å². The van der Waals surface area contributed by atoms with Crippen molar-refractivity contribution in [1.82, 2.24) is 15.3 Å². The molecular weight excluding hydrogens is 470 g/mol. The highest BCUT2D eigenvalue weighted by molar-refractivity contribution is 6.08. The molecule has 0 spiro atoms. The van der Waals surface area contributed by atoms with Crippen LogP contribution in [0.4, 0.5) is 4.79 Å². The summed E-state index contributed by atoms with van der Waals surface area (Å²) in [6.07, 6.45) is 0.936. The fraction of sp³-hybridized carbons (Fsp3) is 0.250. The van der Waals surface area contributed by atoms with Crippen LogP contribution in [0.25, 0.3) is 0 Å². The first kappa shape index (κ1) is 27.5. The number of nitrogens with two attached hydrogens (primary N) is 1. The largest absolute Gasteiger partial charge is 0.481 e. The number of hydrazone groups is 1. The Morgan fingerprint density at radius 2 is 1.64 bits per heavy atom. The SMILES string of the molecule is CC(=O)N([C@@H](CC(=O)O)c1ccccc1)N1C(=O)N[C@@](C)(c2ccc(C=NN)cc2)C1=O.CC(=O)O. The molecule has 12 nitrogen and oxygen atoms in total. The predicted octanol–water partition coefficient (Wildman–Crippen LogP) is 1.82. The summed E-state index contributed by atoms with van der Waals surface area (Å²) in [6, 6.07) is 13.1. The van der Waals surface area contributed by atoms with Gasteiger partial charge in [-0.3, -0.25) is 19.2 Å². The zero-order valence-corrected chi connectivity index (χ0v) is 19.9. The number of urea groups is 1. The smallest absolute Gasteiger partial charge is 0.344 e. The van der Waals surface area contributed by atoms with Crippen LogP contribution >= 0.6 is 0 Å². The molecule has 0 unspecified atom stereocenters. The fourth-order valence-electron chi connectivity index (χ4n) is 3.69. The summed E-state index contributed by atoms with van der Waals surface area (Å²) in [7, 11) is 0. The number of nitrogens with one attached hydrogen (secondary N) is 1. The number of nitrogens with zero attached hydrogens (tertiary/aromatic N) is 3. The average molecular weight is 498 g/mol. The zero-order chi connectivity index (χ0) is 27.0. The van der Waals surface area contributed by atoms with E-state index in [0.717, 1.165) is 11.9 Å². The van der Waals surface area contributed by atoms with Crippen molar-refractivity contribution in [3.8, 4) is 0 Å². The molecule has 1 fully saturated rings. The monoisotopic (exact) mass is 497 g/mol. The van der Waals surface area contributed by atoms with Gasteiger partial charge in [-0.05, 0) is 23.6 Å². The van der Waals surface area contributed by atoms with E-state index in [-0.39, 0.29) is 0 Å². The molecule has 0 aliphatic carbocycles. The number of hydrogen-bond donors (Lipinski definition) is 4. The molecule has 2 aromatic rings. The third kappa shape index (κ3) is 6.23. The maximum Gasteiger partial charge on any atom is 0.344 e. The van der Waals surface area contributed by atoms with E-state index < -0.39 is 47.8 Å². The second-order valence-corrected chi connectivity index (χ2v) is 7.98. The van der Waals surface area contributed by atoms with E-state index in [1.807, 2.05) is 0 Å². The maximum atomic E-state index is 13.5. The van der Waals surface area contributed by atoms with Gasteiger partial charge in [-0.2, -0.15) is 10.1 Å². The van der Waals surface area contributed by atoms with Crippen LogP contribution in [0.3, 0.4) is 0 Å². The van der Waals surface area contributed by atoms with Gasteiger partial charge in [0.1, 0.15) is 5.54 Å². The lowest BCUT2D eigenvalue weighted by atomic mass is 9.91. The highest BCUT2D eigenvalue weighted by Gasteiger charge is 2.53. The van der Waals surface area contributed by atoms with Crippen molar-refractivity contribution in [1.29, 1.82) is 0 Å². The van der Waals surface area contributed by atoms with Gasteiger partial charge >= 0.3 is 12.0 Å². The molecule has 1 heterocycles. The number of carboxylic acids is 2.